The van der Waals surface area contributed by atoms with Crippen molar-refractivity contribution >= 4 is 22.5 Å². The number of hydrogen-bond acceptors (Lipinski definition) is 5. The zero-order valence-electron chi connectivity index (χ0n) is 20.0. The number of ether oxygens (including phenoxy) is 1. The van der Waals surface area contributed by atoms with Crippen molar-refractivity contribution in [1.29, 1.82) is 0 Å². The van der Waals surface area contributed by atoms with Crippen LogP contribution in [-0.4, -0.2) is 47.1 Å². The van der Waals surface area contributed by atoms with E-state index in [-0.39, 0.29) is 11.8 Å². The molecule has 1 fully saturated rings. The highest BCUT2D eigenvalue weighted by atomic mass is 16.5. The maximum absolute atomic E-state index is 13.5. The number of rotatable bonds is 6. The van der Waals surface area contributed by atoms with Gasteiger partial charge in [0.15, 0.2) is 0 Å². The molecule has 1 amide bonds. The molecule has 0 spiro atoms. The number of nitrogens with one attached hydrogen (secondary N) is 1. The van der Waals surface area contributed by atoms with Gasteiger partial charge in [-0.3, -0.25) is 14.8 Å². The summed E-state index contributed by atoms with van der Waals surface area (Å²) in [5.41, 5.74) is 6.14. The Hall–Kier alpha value is -3.77. The average molecular weight is 467 g/mol. The number of amides is 1. The lowest BCUT2D eigenvalue weighted by molar-refractivity contribution is 0.0737. The smallest absolute Gasteiger partial charge is 0.254 e. The maximum atomic E-state index is 13.5. The predicted molar refractivity (Wildman–Crippen MR) is 138 cm³/mol. The summed E-state index contributed by atoms with van der Waals surface area (Å²) in [4.78, 5) is 24.1. The Kier molecular flexibility index (Phi) is 7.00. The number of fused-ring (bicyclic) bond motifs is 1. The number of carbonyl (C=O) groups is 1. The molecule has 35 heavy (non-hydrogen) atoms. The lowest BCUT2D eigenvalue weighted by atomic mass is 9.97. The summed E-state index contributed by atoms with van der Waals surface area (Å²) in [6.45, 7) is 5.18. The molecule has 1 atom stereocenters. The quantitative estimate of drug-likeness (QED) is 0.439. The fourth-order valence-electron chi connectivity index (χ4n) is 4.66. The van der Waals surface area contributed by atoms with Gasteiger partial charge in [0.25, 0.3) is 5.91 Å². The summed E-state index contributed by atoms with van der Waals surface area (Å²) >= 11 is 0. The summed E-state index contributed by atoms with van der Waals surface area (Å²) in [7, 11) is 0. The van der Waals surface area contributed by atoms with Gasteiger partial charge >= 0.3 is 0 Å². The number of para-hydroxylation sites is 1. The molecule has 1 aliphatic rings. The second-order valence-corrected chi connectivity index (χ2v) is 9.13. The Labute approximate surface area is 206 Å². The van der Waals surface area contributed by atoms with Gasteiger partial charge in [-0.2, -0.15) is 0 Å². The van der Waals surface area contributed by atoms with Crippen molar-refractivity contribution in [2.75, 3.05) is 31.6 Å². The molecule has 0 radical (unpaired) electrons. The molecule has 3 heterocycles. The Balaban J connectivity index is 1.30. The SMILES string of the molecule is Cc1ccc(C(=O)N2CCOCC(Cc3cccc4cccnc34)C2)cc1NCc1ccncc1. The molecule has 1 unspecified atom stereocenters. The number of benzene rings is 2. The Morgan fingerprint density at radius 1 is 1.09 bits per heavy atom. The summed E-state index contributed by atoms with van der Waals surface area (Å²) in [6.07, 6.45) is 6.24. The van der Waals surface area contributed by atoms with Gasteiger partial charge in [0.05, 0.1) is 18.7 Å². The van der Waals surface area contributed by atoms with Crippen LogP contribution >= 0.6 is 0 Å². The highest BCUT2D eigenvalue weighted by Crippen LogP contribution is 2.23. The standard InChI is InChI=1S/C29H30N4O2/c1-21-7-8-26(17-27(21)32-18-22-9-12-30-13-10-22)29(34)33-14-15-35-20-23(19-33)16-25-5-2-4-24-6-3-11-31-28(24)25/h2-13,17,23,32H,14-16,18-20H2,1H3. The fraction of sp³-hybridized carbons (Fsp3) is 0.276. The van der Waals surface area contributed by atoms with Crippen LogP contribution in [-0.2, 0) is 17.7 Å². The normalized spacial score (nSPS) is 16.1. The molecule has 0 aliphatic carbocycles. The third-order valence-electron chi connectivity index (χ3n) is 6.57. The lowest BCUT2D eigenvalue weighted by Gasteiger charge is -2.24. The summed E-state index contributed by atoms with van der Waals surface area (Å²) in [5.74, 6) is 0.257. The largest absolute Gasteiger partial charge is 0.381 e. The average Bonchev–Trinajstić information content (AvgIpc) is 3.14. The number of aromatic nitrogens is 2. The van der Waals surface area contributed by atoms with Gasteiger partial charge in [-0.15, -0.1) is 0 Å². The molecule has 6 nitrogen and oxygen atoms in total. The van der Waals surface area contributed by atoms with E-state index in [1.165, 1.54) is 5.56 Å². The van der Waals surface area contributed by atoms with Gasteiger partial charge in [0, 0.05) is 60.8 Å². The van der Waals surface area contributed by atoms with E-state index in [2.05, 4.69) is 46.5 Å². The van der Waals surface area contributed by atoms with Gasteiger partial charge in [-0.25, -0.2) is 0 Å². The van der Waals surface area contributed by atoms with Crippen molar-refractivity contribution in [2.45, 2.75) is 19.9 Å². The van der Waals surface area contributed by atoms with Crippen LogP contribution in [0.15, 0.2) is 79.3 Å². The highest BCUT2D eigenvalue weighted by molar-refractivity contribution is 5.95. The molecule has 178 valence electrons. The minimum absolute atomic E-state index is 0.0449. The van der Waals surface area contributed by atoms with Crippen molar-refractivity contribution < 1.29 is 9.53 Å². The van der Waals surface area contributed by atoms with Crippen LogP contribution in [0.2, 0.25) is 0 Å². The Morgan fingerprint density at radius 2 is 1.94 bits per heavy atom. The van der Waals surface area contributed by atoms with Crippen LogP contribution in [0.5, 0.6) is 0 Å². The lowest BCUT2D eigenvalue weighted by Crippen LogP contribution is -2.36. The molecular weight excluding hydrogens is 436 g/mol. The molecule has 5 rings (SSSR count). The number of aryl methyl sites for hydroxylation is 1. The zero-order chi connectivity index (χ0) is 24.0. The van der Waals surface area contributed by atoms with E-state index < -0.39 is 0 Å². The summed E-state index contributed by atoms with van der Waals surface area (Å²) in [5, 5.41) is 4.61. The number of hydrogen-bond donors (Lipinski definition) is 1. The molecule has 0 bridgehead atoms. The van der Waals surface area contributed by atoms with E-state index in [1.54, 1.807) is 12.4 Å². The van der Waals surface area contributed by atoms with Crippen molar-refractivity contribution in [3.63, 3.8) is 0 Å². The number of anilines is 1. The van der Waals surface area contributed by atoms with Gasteiger partial charge in [0.2, 0.25) is 0 Å². The molecular formula is C29H30N4O2. The minimum atomic E-state index is 0.0449. The monoisotopic (exact) mass is 466 g/mol. The van der Waals surface area contributed by atoms with Gasteiger partial charge < -0.3 is 15.0 Å². The second kappa shape index (κ2) is 10.7. The van der Waals surface area contributed by atoms with E-state index in [0.717, 1.165) is 34.1 Å². The number of nitrogens with zero attached hydrogens (tertiary/aromatic N) is 3. The number of carbonyl (C=O) groups excluding carboxylic acids is 1. The summed E-state index contributed by atoms with van der Waals surface area (Å²) in [6, 6.07) is 20.2. The van der Waals surface area contributed by atoms with E-state index in [4.69, 9.17) is 4.74 Å². The van der Waals surface area contributed by atoms with Gasteiger partial charge in [-0.1, -0.05) is 30.3 Å². The first-order chi connectivity index (χ1) is 17.2. The molecule has 2 aromatic carbocycles. The molecule has 2 aromatic heterocycles. The van der Waals surface area contributed by atoms with Crippen LogP contribution in [0.3, 0.4) is 0 Å². The van der Waals surface area contributed by atoms with Crippen molar-refractivity contribution in [3.8, 4) is 0 Å². The van der Waals surface area contributed by atoms with E-state index >= 15 is 0 Å². The van der Waals surface area contributed by atoms with Gasteiger partial charge in [-0.05, 0) is 60.4 Å². The Bertz CT molecular complexity index is 1300. The van der Waals surface area contributed by atoms with E-state index in [9.17, 15) is 4.79 Å². The van der Waals surface area contributed by atoms with Gasteiger partial charge in [0.1, 0.15) is 0 Å². The molecule has 1 saturated heterocycles. The van der Waals surface area contributed by atoms with E-state index in [0.29, 0.717) is 38.4 Å². The maximum Gasteiger partial charge on any atom is 0.254 e. The first-order valence-corrected chi connectivity index (χ1v) is 12.1. The van der Waals surface area contributed by atoms with Crippen LogP contribution in [0, 0.1) is 12.8 Å². The molecule has 1 aliphatic heterocycles. The van der Waals surface area contributed by atoms with Crippen LogP contribution in [0.1, 0.15) is 27.0 Å². The topological polar surface area (TPSA) is 67.4 Å². The molecule has 4 aromatic rings. The predicted octanol–water partition coefficient (Wildman–Crippen LogP) is 4.88. The van der Waals surface area contributed by atoms with Crippen molar-refractivity contribution in [1.82, 2.24) is 14.9 Å². The first kappa shape index (κ1) is 23.0. The highest BCUT2D eigenvalue weighted by Gasteiger charge is 2.24. The third kappa shape index (κ3) is 5.49. The van der Waals surface area contributed by atoms with Crippen molar-refractivity contribution in [3.05, 3.63) is 102 Å². The van der Waals surface area contributed by atoms with Crippen LogP contribution in [0.4, 0.5) is 5.69 Å². The van der Waals surface area contributed by atoms with E-state index in [1.807, 2.05) is 47.5 Å². The zero-order valence-corrected chi connectivity index (χ0v) is 20.0. The molecule has 0 saturated carbocycles. The molecule has 1 N–H and O–H groups in total. The summed E-state index contributed by atoms with van der Waals surface area (Å²) < 4.78 is 5.91. The third-order valence-corrected chi connectivity index (χ3v) is 6.57. The van der Waals surface area contributed by atoms with Crippen LogP contribution < -0.4 is 5.32 Å². The molecule has 6 heteroatoms. The fourth-order valence-corrected chi connectivity index (χ4v) is 4.66. The van der Waals surface area contributed by atoms with Crippen molar-refractivity contribution in [2.24, 2.45) is 5.92 Å². The first-order valence-electron chi connectivity index (χ1n) is 12.1. The number of pyridine rings is 2. The Morgan fingerprint density at radius 3 is 2.83 bits per heavy atom. The second-order valence-electron chi connectivity index (χ2n) is 9.13. The van der Waals surface area contributed by atoms with Crippen LogP contribution in [0.25, 0.3) is 10.9 Å². The minimum Gasteiger partial charge on any atom is -0.381 e.